The summed E-state index contributed by atoms with van der Waals surface area (Å²) >= 11 is 0. The summed E-state index contributed by atoms with van der Waals surface area (Å²) in [4.78, 5) is 11.5. The van der Waals surface area contributed by atoms with E-state index in [1.807, 2.05) is 30.3 Å². The van der Waals surface area contributed by atoms with Crippen molar-refractivity contribution in [3.8, 4) is 0 Å². The molecule has 0 unspecified atom stereocenters. The van der Waals surface area contributed by atoms with Crippen molar-refractivity contribution in [2.24, 2.45) is 5.73 Å². The molecule has 19 heavy (non-hydrogen) atoms. The van der Waals surface area contributed by atoms with Gasteiger partial charge in [-0.2, -0.15) is 5.10 Å². The molecule has 0 spiro atoms. The van der Waals surface area contributed by atoms with E-state index in [1.165, 1.54) is 0 Å². The number of carbonyl (C=O) groups excluding carboxylic acids is 1. The van der Waals surface area contributed by atoms with Crippen molar-refractivity contribution in [3.63, 3.8) is 0 Å². The van der Waals surface area contributed by atoms with Crippen molar-refractivity contribution < 1.29 is 4.79 Å². The average molecular weight is 257 g/mol. The lowest BCUT2D eigenvalue weighted by molar-refractivity contribution is 0.0990. The second-order valence-electron chi connectivity index (χ2n) is 5.67. The Kier molecular flexibility index (Phi) is 3.42. The molecule has 0 aliphatic rings. The molecule has 0 saturated heterocycles. The van der Waals surface area contributed by atoms with Crippen molar-refractivity contribution in [2.75, 3.05) is 0 Å². The van der Waals surface area contributed by atoms with E-state index in [0.29, 0.717) is 12.2 Å². The van der Waals surface area contributed by atoms with Crippen LogP contribution >= 0.6 is 0 Å². The van der Waals surface area contributed by atoms with Gasteiger partial charge in [-0.05, 0) is 11.6 Å². The summed E-state index contributed by atoms with van der Waals surface area (Å²) in [6, 6.07) is 11.7. The van der Waals surface area contributed by atoms with E-state index in [2.05, 4.69) is 25.9 Å². The van der Waals surface area contributed by atoms with Crippen LogP contribution in [0.1, 0.15) is 42.5 Å². The minimum absolute atomic E-state index is 0.105. The number of benzene rings is 1. The van der Waals surface area contributed by atoms with Gasteiger partial charge >= 0.3 is 0 Å². The summed E-state index contributed by atoms with van der Waals surface area (Å²) in [6.07, 6.45) is 0. The van der Waals surface area contributed by atoms with Gasteiger partial charge in [-0.15, -0.1) is 0 Å². The van der Waals surface area contributed by atoms with Gasteiger partial charge in [-0.1, -0.05) is 51.1 Å². The van der Waals surface area contributed by atoms with Crippen molar-refractivity contribution in [1.29, 1.82) is 0 Å². The number of primary amides is 1. The molecule has 0 radical (unpaired) electrons. The first-order chi connectivity index (χ1) is 8.88. The van der Waals surface area contributed by atoms with Gasteiger partial charge in [0.2, 0.25) is 0 Å². The number of nitrogens with two attached hydrogens (primary N) is 1. The van der Waals surface area contributed by atoms with Crippen LogP contribution in [0.25, 0.3) is 0 Å². The first kappa shape index (κ1) is 13.3. The highest BCUT2D eigenvalue weighted by Gasteiger charge is 2.21. The smallest absolute Gasteiger partial charge is 0.266 e. The molecule has 0 saturated carbocycles. The first-order valence-corrected chi connectivity index (χ1v) is 6.30. The summed E-state index contributed by atoms with van der Waals surface area (Å²) in [5, 5.41) is 4.51. The van der Waals surface area contributed by atoms with Crippen LogP contribution < -0.4 is 5.73 Å². The second-order valence-corrected chi connectivity index (χ2v) is 5.67. The van der Waals surface area contributed by atoms with Crippen LogP contribution in [0.3, 0.4) is 0 Å². The molecule has 0 aliphatic heterocycles. The maximum Gasteiger partial charge on any atom is 0.266 e. The molecule has 2 rings (SSSR count). The molecule has 0 bridgehead atoms. The Labute approximate surface area is 113 Å². The van der Waals surface area contributed by atoms with E-state index in [0.717, 1.165) is 11.3 Å². The quantitative estimate of drug-likeness (QED) is 0.917. The highest BCUT2D eigenvalue weighted by atomic mass is 16.1. The fourth-order valence-corrected chi connectivity index (χ4v) is 1.86. The topological polar surface area (TPSA) is 60.9 Å². The Morgan fingerprint density at radius 2 is 1.89 bits per heavy atom. The number of carbonyl (C=O) groups is 1. The molecule has 4 nitrogen and oxygen atoms in total. The Balaban J connectivity index is 2.39. The number of amides is 1. The number of hydrogen-bond donors (Lipinski definition) is 1. The summed E-state index contributed by atoms with van der Waals surface area (Å²) in [6.45, 7) is 6.74. The van der Waals surface area contributed by atoms with Crippen molar-refractivity contribution >= 4 is 5.91 Å². The Bertz CT molecular complexity index is 579. The normalized spacial score (nSPS) is 11.5. The van der Waals surface area contributed by atoms with Gasteiger partial charge in [0.15, 0.2) is 0 Å². The molecule has 1 aromatic heterocycles. The molecule has 0 fully saturated rings. The molecular formula is C15H19N3O. The third-order valence-electron chi connectivity index (χ3n) is 2.98. The van der Waals surface area contributed by atoms with Crippen molar-refractivity contribution in [1.82, 2.24) is 9.78 Å². The van der Waals surface area contributed by atoms with Crippen LogP contribution in [0, 0.1) is 0 Å². The summed E-state index contributed by atoms with van der Waals surface area (Å²) in [7, 11) is 0. The monoisotopic (exact) mass is 257 g/mol. The maximum atomic E-state index is 11.5. The fourth-order valence-electron chi connectivity index (χ4n) is 1.86. The molecule has 1 heterocycles. The number of rotatable bonds is 3. The molecule has 100 valence electrons. The third-order valence-corrected chi connectivity index (χ3v) is 2.98. The minimum Gasteiger partial charge on any atom is -0.364 e. The molecule has 1 aromatic carbocycles. The average Bonchev–Trinajstić information content (AvgIpc) is 2.74. The Hall–Kier alpha value is -2.10. The Morgan fingerprint density at radius 3 is 2.42 bits per heavy atom. The van der Waals surface area contributed by atoms with Crippen LogP contribution in [0.4, 0.5) is 0 Å². The van der Waals surface area contributed by atoms with Gasteiger partial charge in [0.05, 0.1) is 12.2 Å². The molecule has 2 aromatic rings. The molecule has 2 N–H and O–H groups in total. The van der Waals surface area contributed by atoms with E-state index in [-0.39, 0.29) is 5.41 Å². The van der Waals surface area contributed by atoms with E-state index in [4.69, 9.17) is 5.73 Å². The summed E-state index contributed by atoms with van der Waals surface area (Å²) in [5.41, 5.74) is 7.74. The van der Waals surface area contributed by atoms with Gasteiger partial charge in [0.25, 0.3) is 5.91 Å². The molecule has 1 amide bonds. The van der Waals surface area contributed by atoms with Crippen LogP contribution in [0.5, 0.6) is 0 Å². The maximum absolute atomic E-state index is 11.5. The van der Waals surface area contributed by atoms with E-state index < -0.39 is 5.91 Å². The van der Waals surface area contributed by atoms with Gasteiger partial charge < -0.3 is 5.73 Å². The highest BCUT2D eigenvalue weighted by molar-refractivity contribution is 5.91. The third kappa shape index (κ3) is 3.02. The second kappa shape index (κ2) is 4.88. The summed E-state index contributed by atoms with van der Waals surface area (Å²) in [5.74, 6) is -0.445. The van der Waals surface area contributed by atoms with Gasteiger partial charge in [0, 0.05) is 5.41 Å². The standard InChI is InChI=1S/C15H19N3O/c1-15(2,3)13-9-12(14(16)19)18(17-13)10-11-7-5-4-6-8-11/h4-9H,10H2,1-3H3,(H2,16,19). The SMILES string of the molecule is CC(C)(C)c1cc(C(N)=O)n(Cc2ccccc2)n1. The van der Waals surface area contributed by atoms with Gasteiger partial charge in [-0.3, -0.25) is 9.48 Å². The van der Waals surface area contributed by atoms with Crippen LogP contribution in [0.15, 0.2) is 36.4 Å². The van der Waals surface area contributed by atoms with E-state index in [9.17, 15) is 4.79 Å². The van der Waals surface area contributed by atoms with Crippen LogP contribution in [0.2, 0.25) is 0 Å². The largest absolute Gasteiger partial charge is 0.364 e. The number of nitrogens with zero attached hydrogens (tertiary/aromatic N) is 2. The van der Waals surface area contributed by atoms with Crippen molar-refractivity contribution in [3.05, 3.63) is 53.3 Å². The zero-order valence-electron chi connectivity index (χ0n) is 11.6. The molecule has 0 aliphatic carbocycles. The van der Waals surface area contributed by atoms with Crippen molar-refractivity contribution in [2.45, 2.75) is 32.7 Å². The zero-order chi connectivity index (χ0) is 14.0. The van der Waals surface area contributed by atoms with Gasteiger partial charge in [0.1, 0.15) is 5.69 Å². The molecule has 0 atom stereocenters. The minimum atomic E-state index is -0.445. The zero-order valence-corrected chi connectivity index (χ0v) is 11.6. The van der Waals surface area contributed by atoms with E-state index >= 15 is 0 Å². The summed E-state index contributed by atoms with van der Waals surface area (Å²) < 4.78 is 1.68. The number of hydrogen-bond acceptors (Lipinski definition) is 2. The Morgan fingerprint density at radius 1 is 1.26 bits per heavy atom. The lowest BCUT2D eigenvalue weighted by Crippen LogP contribution is -2.18. The fraction of sp³-hybridized carbons (Fsp3) is 0.333. The first-order valence-electron chi connectivity index (χ1n) is 6.30. The van der Waals surface area contributed by atoms with E-state index in [1.54, 1.807) is 10.7 Å². The predicted octanol–water partition coefficient (Wildman–Crippen LogP) is 2.33. The predicted molar refractivity (Wildman–Crippen MR) is 75.0 cm³/mol. The highest BCUT2D eigenvalue weighted by Crippen LogP contribution is 2.22. The molecular weight excluding hydrogens is 238 g/mol. The molecule has 4 heteroatoms. The lowest BCUT2D eigenvalue weighted by atomic mass is 9.92. The van der Waals surface area contributed by atoms with Gasteiger partial charge in [-0.25, -0.2) is 0 Å². The van der Waals surface area contributed by atoms with Crippen LogP contribution in [-0.2, 0) is 12.0 Å². The van der Waals surface area contributed by atoms with Crippen LogP contribution in [-0.4, -0.2) is 15.7 Å². The number of aromatic nitrogens is 2. The lowest BCUT2D eigenvalue weighted by Gasteiger charge is -2.14.